The number of rotatable bonds is 5. The van der Waals surface area contributed by atoms with Gasteiger partial charge >= 0.3 is 0 Å². The fraction of sp³-hybridized carbons (Fsp3) is 0.370. The number of benzene rings is 2. The van der Waals surface area contributed by atoms with E-state index >= 15 is 0 Å². The molecule has 1 saturated heterocycles. The van der Waals surface area contributed by atoms with Crippen LogP contribution in [0.2, 0.25) is 0 Å². The average Bonchev–Trinajstić information content (AvgIpc) is 3.22. The number of allylic oxidation sites excluding steroid dienone is 1. The molecule has 2 aliphatic heterocycles. The van der Waals surface area contributed by atoms with Crippen molar-refractivity contribution in [3.05, 3.63) is 83.6 Å². The molecule has 0 saturated carbocycles. The van der Waals surface area contributed by atoms with Crippen LogP contribution in [0.3, 0.4) is 0 Å². The summed E-state index contributed by atoms with van der Waals surface area (Å²) in [7, 11) is 1.67. The molecule has 4 rings (SSSR count). The van der Waals surface area contributed by atoms with Crippen LogP contribution >= 0.6 is 0 Å². The summed E-state index contributed by atoms with van der Waals surface area (Å²) in [4.78, 5) is 20.8. The molecule has 0 aromatic heterocycles. The van der Waals surface area contributed by atoms with Gasteiger partial charge in [-0.15, -0.1) is 0 Å². The Morgan fingerprint density at radius 2 is 1.84 bits per heavy atom. The van der Waals surface area contributed by atoms with Crippen molar-refractivity contribution in [3.63, 3.8) is 0 Å². The lowest BCUT2D eigenvalue weighted by Gasteiger charge is -2.36. The molecule has 1 N–H and O–H groups in total. The number of hydrogen-bond donors (Lipinski definition) is 1. The predicted molar refractivity (Wildman–Crippen MR) is 127 cm³/mol. The topological polar surface area (TPSA) is 50.8 Å². The van der Waals surface area contributed by atoms with Gasteiger partial charge in [0.2, 0.25) is 0 Å². The van der Waals surface area contributed by atoms with E-state index < -0.39 is 0 Å². The molecule has 0 unspecified atom stereocenters. The number of likely N-dealkylation sites (tertiary alicyclic amines) is 1. The number of piperidine rings is 1. The van der Waals surface area contributed by atoms with Gasteiger partial charge in [-0.3, -0.25) is 15.1 Å². The van der Waals surface area contributed by atoms with E-state index in [0.717, 1.165) is 48.5 Å². The fourth-order valence-electron chi connectivity index (χ4n) is 4.11. The number of ether oxygens (including phenoxy) is 1. The molecule has 168 valence electrons. The van der Waals surface area contributed by atoms with E-state index in [1.54, 1.807) is 13.2 Å². The van der Waals surface area contributed by atoms with Gasteiger partial charge in [-0.2, -0.15) is 0 Å². The Morgan fingerprint density at radius 3 is 2.50 bits per heavy atom. The van der Waals surface area contributed by atoms with Crippen LogP contribution in [0.1, 0.15) is 55.1 Å². The SMILES string of the molecule is COc1cccc(C2=CC3(CCN(C=CC(=O)c4ccc(C(C)(C)C)cc4)CC3)ON2)c1. The second-order valence-corrected chi connectivity index (χ2v) is 9.60. The second-order valence-electron chi connectivity index (χ2n) is 9.60. The first-order valence-corrected chi connectivity index (χ1v) is 11.2. The van der Waals surface area contributed by atoms with Crippen molar-refractivity contribution >= 4 is 11.5 Å². The van der Waals surface area contributed by atoms with E-state index in [0.29, 0.717) is 0 Å². The number of carbonyl (C=O) groups is 1. The summed E-state index contributed by atoms with van der Waals surface area (Å²) in [6, 6.07) is 15.9. The summed E-state index contributed by atoms with van der Waals surface area (Å²) in [5.74, 6) is 0.855. The van der Waals surface area contributed by atoms with Gasteiger partial charge in [0.1, 0.15) is 11.4 Å². The van der Waals surface area contributed by atoms with Gasteiger partial charge in [0, 0.05) is 49.3 Å². The largest absolute Gasteiger partial charge is 0.497 e. The third kappa shape index (κ3) is 4.89. The summed E-state index contributed by atoms with van der Waals surface area (Å²) in [6.07, 6.45) is 7.49. The summed E-state index contributed by atoms with van der Waals surface area (Å²) in [5, 5.41) is 0. The van der Waals surface area contributed by atoms with Crippen molar-refractivity contribution in [1.82, 2.24) is 10.4 Å². The van der Waals surface area contributed by atoms with Crippen LogP contribution in [-0.4, -0.2) is 36.5 Å². The highest BCUT2D eigenvalue weighted by atomic mass is 16.7. The first-order chi connectivity index (χ1) is 15.3. The Hall–Kier alpha value is -3.05. The number of carbonyl (C=O) groups excluding carboxylic acids is 1. The van der Waals surface area contributed by atoms with Crippen molar-refractivity contribution in [2.24, 2.45) is 0 Å². The molecule has 2 heterocycles. The summed E-state index contributed by atoms with van der Waals surface area (Å²) >= 11 is 0. The number of nitrogens with zero attached hydrogens (tertiary/aromatic N) is 1. The Labute approximate surface area is 190 Å². The van der Waals surface area contributed by atoms with Crippen molar-refractivity contribution in [3.8, 4) is 5.75 Å². The van der Waals surface area contributed by atoms with Crippen molar-refractivity contribution in [2.45, 2.75) is 44.6 Å². The van der Waals surface area contributed by atoms with Crippen LogP contribution in [0.5, 0.6) is 5.75 Å². The highest BCUT2D eigenvalue weighted by Crippen LogP contribution is 2.35. The van der Waals surface area contributed by atoms with Gasteiger partial charge in [0.15, 0.2) is 5.78 Å². The maximum Gasteiger partial charge on any atom is 0.187 e. The molecule has 1 spiro atoms. The molecule has 5 nitrogen and oxygen atoms in total. The van der Waals surface area contributed by atoms with Gasteiger partial charge in [0.05, 0.1) is 12.8 Å². The zero-order valence-corrected chi connectivity index (χ0v) is 19.4. The molecule has 0 aliphatic carbocycles. The zero-order chi connectivity index (χ0) is 22.8. The highest BCUT2D eigenvalue weighted by molar-refractivity contribution is 6.04. The van der Waals surface area contributed by atoms with Crippen LogP contribution in [0.25, 0.3) is 5.70 Å². The molecule has 0 atom stereocenters. The highest BCUT2D eigenvalue weighted by Gasteiger charge is 2.38. The van der Waals surface area contributed by atoms with Crippen molar-refractivity contribution in [1.29, 1.82) is 0 Å². The summed E-state index contributed by atoms with van der Waals surface area (Å²) in [5.41, 5.74) is 6.84. The molecule has 32 heavy (non-hydrogen) atoms. The molecule has 2 aromatic rings. The number of hydrogen-bond acceptors (Lipinski definition) is 5. The quantitative estimate of drug-likeness (QED) is 0.526. The van der Waals surface area contributed by atoms with Gasteiger partial charge in [-0.1, -0.05) is 57.2 Å². The minimum absolute atomic E-state index is 0.0322. The van der Waals surface area contributed by atoms with Gasteiger partial charge in [-0.05, 0) is 29.2 Å². The van der Waals surface area contributed by atoms with E-state index in [9.17, 15) is 4.79 Å². The van der Waals surface area contributed by atoms with E-state index in [-0.39, 0.29) is 16.8 Å². The number of hydroxylamine groups is 1. The zero-order valence-electron chi connectivity index (χ0n) is 19.4. The minimum Gasteiger partial charge on any atom is -0.497 e. The minimum atomic E-state index is -0.310. The maximum absolute atomic E-state index is 12.6. The number of ketones is 1. The first kappa shape index (κ1) is 22.2. The lowest BCUT2D eigenvalue weighted by Crippen LogP contribution is -2.42. The van der Waals surface area contributed by atoms with Crippen LogP contribution in [0.4, 0.5) is 0 Å². The van der Waals surface area contributed by atoms with E-state index in [1.807, 2.05) is 54.7 Å². The summed E-state index contributed by atoms with van der Waals surface area (Å²) in [6.45, 7) is 8.18. The molecule has 0 amide bonds. The number of nitrogens with one attached hydrogen (secondary N) is 1. The van der Waals surface area contributed by atoms with Crippen LogP contribution < -0.4 is 10.2 Å². The fourth-order valence-corrected chi connectivity index (χ4v) is 4.11. The second kappa shape index (κ2) is 8.83. The lowest BCUT2D eigenvalue weighted by molar-refractivity contribution is -0.0639. The van der Waals surface area contributed by atoms with Gasteiger partial charge in [-0.25, -0.2) is 0 Å². The third-order valence-corrected chi connectivity index (χ3v) is 6.27. The maximum atomic E-state index is 12.6. The smallest absolute Gasteiger partial charge is 0.187 e. The molecule has 0 radical (unpaired) electrons. The Bertz CT molecular complexity index is 1020. The van der Waals surface area contributed by atoms with Gasteiger partial charge < -0.3 is 9.64 Å². The first-order valence-electron chi connectivity index (χ1n) is 11.2. The van der Waals surface area contributed by atoms with Crippen LogP contribution in [-0.2, 0) is 10.3 Å². The van der Waals surface area contributed by atoms with Crippen molar-refractivity contribution < 1.29 is 14.4 Å². The van der Waals surface area contributed by atoms with Crippen LogP contribution in [0.15, 0.2) is 66.9 Å². The van der Waals surface area contributed by atoms with Gasteiger partial charge in [0.25, 0.3) is 0 Å². The van der Waals surface area contributed by atoms with E-state index in [2.05, 4.69) is 37.2 Å². The molecular formula is C27H32N2O3. The summed E-state index contributed by atoms with van der Waals surface area (Å²) < 4.78 is 5.33. The van der Waals surface area contributed by atoms with E-state index in [4.69, 9.17) is 9.57 Å². The third-order valence-electron chi connectivity index (χ3n) is 6.27. The predicted octanol–water partition coefficient (Wildman–Crippen LogP) is 5.10. The Balaban J connectivity index is 1.35. The normalized spacial score (nSPS) is 18.0. The molecule has 2 aromatic carbocycles. The number of methoxy groups -OCH3 is 1. The standard InChI is InChI=1S/C27H32N2O3/c1-26(2,3)22-10-8-20(9-11-22)25(30)12-15-29-16-13-27(14-17-29)19-24(28-32-27)21-6-5-7-23(18-21)31-4/h5-12,15,18-19,28H,13-14,16-17H2,1-4H3. The molecular weight excluding hydrogens is 400 g/mol. The molecule has 2 aliphatic rings. The van der Waals surface area contributed by atoms with Crippen molar-refractivity contribution in [2.75, 3.05) is 20.2 Å². The monoisotopic (exact) mass is 432 g/mol. The van der Waals surface area contributed by atoms with E-state index in [1.165, 1.54) is 5.56 Å². The molecule has 5 heteroatoms. The molecule has 1 fully saturated rings. The molecule has 0 bridgehead atoms. The average molecular weight is 433 g/mol. The Morgan fingerprint density at radius 1 is 1.12 bits per heavy atom. The Kier molecular flexibility index (Phi) is 6.11. The lowest BCUT2D eigenvalue weighted by atomic mass is 9.86. The van der Waals surface area contributed by atoms with Crippen LogP contribution in [0, 0.1) is 0 Å².